The van der Waals surface area contributed by atoms with Crippen LogP contribution >= 0.6 is 0 Å². The molecule has 0 aromatic heterocycles. The lowest BCUT2D eigenvalue weighted by Gasteiger charge is -2.34. The second-order valence-electron chi connectivity index (χ2n) is 5.99. The number of nitrogens with one attached hydrogen (secondary N) is 1. The highest BCUT2D eigenvalue weighted by molar-refractivity contribution is 5.21. The van der Waals surface area contributed by atoms with Gasteiger partial charge in [0, 0.05) is 30.3 Å². The largest absolute Gasteiger partial charge is 0.396 e. The second kappa shape index (κ2) is 6.44. The Hall–Kier alpha value is -1.00. The molecule has 0 aliphatic rings. The number of rotatable bonds is 5. The van der Waals surface area contributed by atoms with E-state index < -0.39 is 11.6 Å². The average molecular weight is 271 g/mol. The molecule has 1 aromatic rings. The number of halogens is 2. The first kappa shape index (κ1) is 16.1. The van der Waals surface area contributed by atoms with Crippen LogP contribution < -0.4 is 5.32 Å². The zero-order chi connectivity index (χ0) is 14.6. The molecule has 2 N–H and O–H groups in total. The van der Waals surface area contributed by atoms with E-state index in [0.29, 0.717) is 12.0 Å². The van der Waals surface area contributed by atoms with Crippen LogP contribution in [0.2, 0.25) is 0 Å². The van der Waals surface area contributed by atoms with Crippen LogP contribution in [0.1, 0.15) is 45.7 Å². The molecule has 1 rings (SSSR count). The van der Waals surface area contributed by atoms with Crippen molar-refractivity contribution in [2.24, 2.45) is 5.41 Å². The summed E-state index contributed by atoms with van der Waals surface area (Å²) in [6.45, 7) is 8.11. The van der Waals surface area contributed by atoms with Gasteiger partial charge in [0.2, 0.25) is 0 Å². The molecular formula is C15H23F2NO. The Bertz CT molecular complexity index is 415. The van der Waals surface area contributed by atoms with Crippen LogP contribution in [0.5, 0.6) is 0 Å². The summed E-state index contributed by atoms with van der Waals surface area (Å²) in [6.07, 6.45) is 0.594. The van der Waals surface area contributed by atoms with Crippen molar-refractivity contribution in [2.45, 2.75) is 46.2 Å². The van der Waals surface area contributed by atoms with Crippen LogP contribution in [0.25, 0.3) is 0 Å². The van der Waals surface area contributed by atoms with E-state index in [9.17, 15) is 8.78 Å². The van der Waals surface area contributed by atoms with E-state index in [1.807, 2.05) is 6.92 Å². The van der Waals surface area contributed by atoms with Gasteiger partial charge < -0.3 is 10.4 Å². The van der Waals surface area contributed by atoms with Crippen LogP contribution in [0, 0.1) is 17.0 Å². The van der Waals surface area contributed by atoms with Gasteiger partial charge in [-0.15, -0.1) is 0 Å². The van der Waals surface area contributed by atoms with Gasteiger partial charge in [-0.2, -0.15) is 0 Å². The van der Waals surface area contributed by atoms with E-state index in [1.54, 1.807) is 0 Å². The van der Waals surface area contributed by atoms with Crippen LogP contribution in [0.15, 0.2) is 18.2 Å². The van der Waals surface area contributed by atoms with Gasteiger partial charge in [0.1, 0.15) is 11.6 Å². The summed E-state index contributed by atoms with van der Waals surface area (Å²) in [5.41, 5.74) is 0.390. The molecular weight excluding hydrogens is 248 g/mol. The van der Waals surface area contributed by atoms with Crippen LogP contribution in [0.4, 0.5) is 8.78 Å². The van der Waals surface area contributed by atoms with Crippen molar-refractivity contribution >= 4 is 0 Å². The number of hydrogen-bond acceptors (Lipinski definition) is 2. The smallest absolute Gasteiger partial charge is 0.130 e. The molecule has 0 fully saturated rings. The minimum Gasteiger partial charge on any atom is -0.396 e. The summed E-state index contributed by atoms with van der Waals surface area (Å²) in [7, 11) is 0. The minimum atomic E-state index is -0.573. The van der Waals surface area contributed by atoms with Crippen molar-refractivity contribution in [3.05, 3.63) is 35.4 Å². The van der Waals surface area contributed by atoms with E-state index in [4.69, 9.17) is 5.11 Å². The molecule has 0 aliphatic carbocycles. The van der Waals surface area contributed by atoms with Crippen molar-refractivity contribution in [1.82, 2.24) is 5.32 Å². The van der Waals surface area contributed by atoms with Crippen molar-refractivity contribution in [3.8, 4) is 0 Å². The maximum atomic E-state index is 13.7. The molecule has 0 heterocycles. The lowest BCUT2D eigenvalue weighted by molar-refractivity contribution is 0.187. The highest BCUT2D eigenvalue weighted by Gasteiger charge is 2.26. The normalized spacial score (nSPS) is 15.3. The molecule has 0 amide bonds. The lowest BCUT2D eigenvalue weighted by Crippen LogP contribution is -2.42. The Morgan fingerprint density at radius 3 is 2.37 bits per heavy atom. The molecule has 0 saturated carbocycles. The highest BCUT2D eigenvalue weighted by atomic mass is 19.1. The number of aliphatic hydroxyl groups excluding tert-OH is 1. The Morgan fingerprint density at radius 2 is 1.89 bits per heavy atom. The summed E-state index contributed by atoms with van der Waals surface area (Å²) in [5, 5.41) is 12.4. The molecule has 2 nitrogen and oxygen atoms in total. The van der Waals surface area contributed by atoms with Gasteiger partial charge in [-0.3, -0.25) is 0 Å². The SMILES string of the molecule is CC(NC(CCO)C(C)(C)C)c1ccc(F)cc1F. The fourth-order valence-electron chi connectivity index (χ4n) is 2.14. The summed E-state index contributed by atoms with van der Waals surface area (Å²) in [6, 6.07) is 3.43. The molecule has 0 spiro atoms. The Morgan fingerprint density at radius 1 is 1.26 bits per heavy atom. The third kappa shape index (κ3) is 4.55. The van der Waals surface area contributed by atoms with E-state index in [0.717, 1.165) is 6.07 Å². The van der Waals surface area contributed by atoms with E-state index >= 15 is 0 Å². The van der Waals surface area contributed by atoms with Crippen LogP contribution in [0.3, 0.4) is 0 Å². The topological polar surface area (TPSA) is 32.3 Å². The molecule has 0 saturated heterocycles. The van der Waals surface area contributed by atoms with Gasteiger partial charge in [0.05, 0.1) is 0 Å². The molecule has 0 aliphatic heterocycles. The molecule has 0 bridgehead atoms. The number of aliphatic hydroxyl groups is 1. The van der Waals surface area contributed by atoms with Crippen molar-refractivity contribution in [3.63, 3.8) is 0 Å². The van der Waals surface area contributed by atoms with E-state index in [1.165, 1.54) is 12.1 Å². The number of benzene rings is 1. The zero-order valence-corrected chi connectivity index (χ0v) is 12.0. The zero-order valence-electron chi connectivity index (χ0n) is 12.0. The van der Waals surface area contributed by atoms with E-state index in [-0.39, 0.29) is 24.1 Å². The lowest BCUT2D eigenvalue weighted by atomic mass is 9.84. The predicted octanol–water partition coefficient (Wildman–Crippen LogP) is 3.41. The first-order chi connectivity index (χ1) is 8.75. The molecule has 2 atom stereocenters. The summed E-state index contributed by atoms with van der Waals surface area (Å²) in [5.74, 6) is -1.12. The van der Waals surface area contributed by atoms with Crippen molar-refractivity contribution in [1.29, 1.82) is 0 Å². The molecule has 1 aromatic carbocycles. The van der Waals surface area contributed by atoms with Gasteiger partial charge in [0.15, 0.2) is 0 Å². The molecule has 19 heavy (non-hydrogen) atoms. The molecule has 0 radical (unpaired) electrons. The standard InChI is InChI=1S/C15H23F2NO/c1-10(12-6-5-11(16)9-13(12)17)18-14(7-8-19)15(2,3)4/h5-6,9-10,14,18-19H,7-8H2,1-4H3. The summed E-state index contributed by atoms with van der Waals surface area (Å²) < 4.78 is 26.6. The maximum Gasteiger partial charge on any atom is 0.130 e. The second-order valence-corrected chi connectivity index (χ2v) is 5.99. The van der Waals surface area contributed by atoms with Gasteiger partial charge >= 0.3 is 0 Å². The molecule has 108 valence electrons. The van der Waals surface area contributed by atoms with E-state index in [2.05, 4.69) is 26.1 Å². The average Bonchev–Trinajstić information content (AvgIpc) is 2.26. The quantitative estimate of drug-likeness (QED) is 0.860. The fraction of sp³-hybridized carbons (Fsp3) is 0.600. The van der Waals surface area contributed by atoms with Gasteiger partial charge in [-0.1, -0.05) is 26.8 Å². The predicted molar refractivity (Wildman–Crippen MR) is 72.9 cm³/mol. The Balaban J connectivity index is 2.84. The van der Waals surface area contributed by atoms with Crippen LogP contribution in [-0.4, -0.2) is 17.8 Å². The first-order valence-corrected chi connectivity index (χ1v) is 6.57. The van der Waals surface area contributed by atoms with Crippen LogP contribution in [-0.2, 0) is 0 Å². The Kier molecular flexibility index (Phi) is 5.44. The first-order valence-electron chi connectivity index (χ1n) is 6.57. The van der Waals surface area contributed by atoms with Gasteiger partial charge in [-0.25, -0.2) is 8.78 Å². The fourth-order valence-corrected chi connectivity index (χ4v) is 2.14. The van der Waals surface area contributed by atoms with Crippen molar-refractivity contribution < 1.29 is 13.9 Å². The summed E-state index contributed by atoms with van der Waals surface area (Å²) in [4.78, 5) is 0. The number of hydrogen-bond donors (Lipinski definition) is 2. The third-order valence-corrected chi connectivity index (χ3v) is 3.34. The monoisotopic (exact) mass is 271 g/mol. The van der Waals surface area contributed by atoms with Gasteiger partial charge in [0.25, 0.3) is 0 Å². The summed E-state index contributed by atoms with van der Waals surface area (Å²) >= 11 is 0. The van der Waals surface area contributed by atoms with Gasteiger partial charge in [-0.05, 0) is 24.8 Å². The Labute approximate surface area is 113 Å². The third-order valence-electron chi connectivity index (χ3n) is 3.34. The van der Waals surface area contributed by atoms with Crippen molar-refractivity contribution in [2.75, 3.05) is 6.61 Å². The minimum absolute atomic E-state index is 0.0481. The highest BCUT2D eigenvalue weighted by Crippen LogP contribution is 2.26. The molecule has 2 unspecified atom stereocenters. The molecule has 4 heteroatoms. The maximum absolute atomic E-state index is 13.7.